The van der Waals surface area contributed by atoms with E-state index in [1.807, 2.05) is 20.8 Å². The number of nitriles is 1. The van der Waals surface area contributed by atoms with Crippen molar-refractivity contribution in [1.82, 2.24) is 9.55 Å². The summed E-state index contributed by atoms with van der Waals surface area (Å²) in [5.41, 5.74) is 0.620. The van der Waals surface area contributed by atoms with Crippen LogP contribution in [0.25, 0.3) is 0 Å². The Morgan fingerprint density at radius 1 is 1.30 bits per heavy atom. The number of aromatic nitrogens is 2. The third-order valence-corrected chi connectivity index (χ3v) is 6.21. The van der Waals surface area contributed by atoms with Crippen LogP contribution in [0.1, 0.15) is 50.7 Å². The van der Waals surface area contributed by atoms with Crippen LogP contribution in [0.2, 0.25) is 0 Å². The predicted molar refractivity (Wildman–Crippen MR) is 85.9 cm³/mol. The van der Waals surface area contributed by atoms with Crippen molar-refractivity contribution in [3.05, 3.63) is 27.4 Å². The number of fused-ring (bicyclic) bond motifs is 3. The second-order valence-corrected chi connectivity index (χ2v) is 7.83. The first kappa shape index (κ1) is 15.9. The maximum atomic E-state index is 12.7. The Balaban J connectivity index is 2.27. The molecule has 1 unspecified atom stereocenters. The molecule has 122 valence electrons. The van der Waals surface area contributed by atoms with Gasteiger partial charge in [-0.1, -0.05) is 20.8 Å². The first-order valence-electron chi connectivity index (χ1n) is 8.15. The van der Waals surface area contributed by atoms with Crippen molar-refractivity contribution < 1.29 is 4.79 Å². The van der Waals surface area contributed by atoms with Crippen LogP contribution in [0.15, 0.2) is 4.79 Å². The highest BCUT2D eigenvalue weighted by molar-refractivity contribution is 5.90. The van der Waals surface area contributed by atoms with Crippen molar-refractivity contribution in [2.24, 2.45) is 24.3 Å². The van der Waals surface area contributed by atoms with Crippen LogP contribution in [0.3, 0.4) is 0 Å². The van der Waals surface area contributed by atoms with E-state index in [4.69, 9.17) is 4.98 Å². The van der Waals surface area contributed by atoms with E-state index in [1.165, 1.54) is 0 Å². The Labute approximate surface area is 136 Å². The van der Waals surface area contributed by atoms with Gasteiger partial charge in [0.25, 0.3) is 5.56 Å². The number of aryl methyl sites for hydroxylation is 1. The molecule has 2 aliphatic carbocycles. The van der Waals surface area contributed by atoms with Crippen LogP contribution in [0, 0.1) is 35.5 Å². The van der Waals surface area contributed by atoms with Gasteiger partial charge in [0.05, 0.1) is 11.8 Å². The first-order chi connectivity index (χ1) is 10.6. The number of rotatable bonds is 0. The first-order valence-corrected chi connectivity index (χ1v) is 8.15. The van der Waals surface area contributed by atoms with E-state index in [0.717, 1.165) is 17.7 Å². The van der Waals surface area contributed by atoms with E-state index < -0.39 is 16.7 Å². The summed E-state index contributed by atoms with van der Waals surface area (Å²) in [4.78, 5) is 30.0. The molecule has 0 spiro atoms. The molecule has 5 nitrogen and oxygen atoms in total. The summed E-state index contributed by atoms with van der Waals surface area (Å²) in [5.74, 6) is 0.201. The van der Waals surface area contributed by atoms with E-state index in [-0.39, 0.29) is 17.3 Å². The minimum absolute atomic E-state index is 0.00962. The molecule has 0 aliphatic heterocycles. The van der Waals surface area contributed by atoms with Gasteiger partial charge in [0.1, 0.15) is 11.7 Å². The third kappa shape index (κ3) is 1.94. The quantitative estimate of drug-likeness (QED) is 0.734. The van der Waals surface area contributed by atoms with Crippen LogP contribution in [0.4, 0.5) is 0 Å². The Morgan fingerprint density at radius 3 is 2.57 bits per heavy atom. The summed E-state index contributed by atoms with van der Waals surface area (Å²) in [6.07, 6.45) is 1.91. The SMILES string of the molecule is Cc1nc2c(c(=O)n1C)CC[C@H]1C(C)(C)C(=O)C(C#N)C[C@]21C. The highest BCUT2D eigenvalue weighted by Gasteiger charge is 2.58. The molecule has 0 N–H and O–H groups in total. The largest absolute Gasteiger partial charge is 0.300 e. The summed E-state index contributed by atoms with van der Waals surface area (Å²) in [7, 11) is 1.74. The molecule has 0 aromatic carbocycles. The Morgan fingerprint density at radius 2 is 1.96 bits per heavy atom. The number of carbonyl (C=O) groups excluding carboxylic acids is 1. The van der Waals surface area contributed by atoms with E-state index >= 15 is 0 Å². The van der Waals surface area contributed by atoms with Gasteiger partial charge in [0, 0.05) is 23.4 Å². The van der Waals surface area contributed by atoms with Gasteiger partial charge >= 0.3 is 0 Å². The van der Waals surface area contributed by atoms with Crippen molar-refractivity contribution in [2.75, 3.05) is 0 Å². The van der Waals surface area contributed by atoms with Gasteiger partial charge in [-0.05, 0) is 32.1 Å². The molecule has 5 heteroatoms. The third-order valence-electron chi connectivity index (χ3n) is 6.21. The molecule has 1 heterocycles. The van der Waals surface area contributed by atoms with Gasteiger partial charge in [0.15, 0.2) is 5.78 Å². The zero-order valence-electron chi connectivity index (χ0n) is 14.4. The number of nitrogens with zero attached hydrogens (tertiary/aromatic N) is 3. The van der Waals surface area contributed by atoms with Crippen molar-refractivity contribution in [1.29, 1.82) is 5.26 Å². The lowest BCUT2D eigenvalue weighted by molar-refractivity contribution is -0.140. The fraction of sp³-hybridized carbons (Fsp3) is 0.667. The Bertz CT molecular complexity index is 800. The molecule has 0 saturated heterocycles. The second kappa shape index (κ2) is 4.77. The molecule has 2 aliphatic rings. The Kier molecular flexibility index (Phi) is 3.30. The highest BCUT2D eigenvalue weighted by Crippen LogP contribution is 2.56. The van der Waals surface area contributed by atoms with Crippen LogP contribution in [-0.4, -0.2) is 15.3 Å². The van der Waals surface area contributed by atoms with Gasteiger partial charge in [-0.25, -0.2) is 4.98 Å². The maximum absolute atomic E-state index is 12.7. The van der Waals surface area contributed by atoms with Crippen molar-refractivity contribution in [3.63, 3.8) is 0 Å². The zero-order chi connectivity index (χ0) is 17.2. The summed E-state index contributed by atoms with van der Waals surface area (Å²) >= 11 is 0. The summed E-state index contributed by atoms with van der Waals surface area (Å²) in [6, 6.07) is 2.18. The lowest BCUT2D eigenvalue weighted by atomic mass is 9.49. The average Bonchev–Trinajstić information content (AvgIpc) is 2.49. The Hall–Kier alpha value is -1.96. The molecule has 0 bridgehead atoms. The van der Waals surface area contributed by atoms with Crippen molar-refractivity contribution in [2.45, 2.75) is 52.4 Å². The lowest BCUT2D eigenvalue weighted by Gasteiger charge is -2.53. The maximum Gasteiger partial charge on any atom is 0.256 e. The average molecular weight is 313 g/mol. The fourth-order valence-corrected chi connectivity index (χ4v) is 4.86. The number of Topliss-reactive ketones (excluding diaryl/α,β-unsaturated/α-hetero) is 1. The second-order valence-electron chi connectivity index (χ2n) is 7.83. The number of hydrogen-bond acceptors (Lipinski definition) is 4. The van der Waals surface area contributed by atoms with Crippen LogP contribution >= 0.6 is 0 Å². The molecule has 1 fully saturated rings. The molecule has 1 aromatic rings. The summed E-state index contributed by atoms with van der Waals surface area (Å²) < 4.78 is 1.59. The monoisotopic (exact) mass is 313 g/mol. The summed E-state index contributed by atoms with van der Waals surface area (Å²) in [5, 5.41) is 9.44. The molecule has 23 heavy (non-hydrogen) atoms. The standard InChI is InChI=1S/C18H23N3O2/c1-10-20-14-12(16(23)21(10)5)6-7-13-17(2,3)15(22)11(9-19)8-18(13,14)4/h11,13H,6-8H2,1-5H3/t11?,13-,18-/m0/s1. The molecule has 3 atom stereocenters. The van der Waals surface area contributed by atoms with Gasteiger partial charge in [-0.3, -0.25) is 14.2 Å². The molecular weight excluding hydrogens is 290 g/mol. The molecule has 3 rings (SSSR count). The van der Waals surface area contributed by atoms with Crippen LogP contribution in [0.5, 0.6) is 0 Å². The van der Waals surface area contributed by atoms with Crippen molar-refractivity contribution in [3.8, 4) is 6.07 Å². The van der Waals surface area contributed by atoms with E-state index in [1.54, 1.807) is 11.6 Å². The smallest absolute Gasteiger partial charge is 0.256 e. The van der Waals surface area contributed by atoms with E-state index in [0.29, 0.717) is 18.7 Å². The highest BCUT2D eigenvalue weighted by atomic mass is 16.1. The number of hydrogen-bond donors (Lipinski definition) is 0. The van der Waals surface area contributed by atoms with Crippen LogP contribution < -0.4 is 5.56 Å². The van der Waals surface area contributed by atoms with Crippen LogP contribution in [-0.2, 0) is 23.7 Å². The number of carbonyl (C=O) groups is 1. The van der Waals surface area contributed by atoms with Gasteiger partial charge in [-0.15, -0.1) is 0 Å². The zero-order valence-corrected chi connectivity index (χ0v) is 14.4. The molecule has 0 radical (unpaired) electrons. The molecular formula is C18H23N3O2. The van der Waals surface area contributed by atoms with Gasteiger partial charge in [0.2, 0.25) is 0 Å². The molecule has 1 aromatic heterocycles. The van der Waals surface area contributed by atoms with Crippen molar-refractivity contribution >= 4 is 5.78 Å². The lowest BCUT2D eigenvalue weighted by Crippen LogP contribution is -2.56. The molecule has 0 amide bonds. The fourth-order valence-electron chi connectivity index (χ4n) is 4.86. The topological polar surface area (TPSA) is 75.8 Å². The minimum Gasteiger partial charge on any atom is -0.300 e. The molecule has 1 saturated carbocycles. The predicted octanol–water partition coefficient (Wildman–Crippen LogP) is 2.05. The normalized spacial score (nSPS) is 31.9. The van der Waals surface area contributed by atoms with E-state index in [9.17, 15) is 14.9 Å². The summed E-state index contributed by atoms with van der Waals surface area (Å²) in [6.45, 7) is 7.80. The van der Waals surface area contributed by atoms with E-state index in [2.05, 4.69) is 13.0 Å². The van der Waals surface area contributed by atoms with Gasteiger partial charge in [-0.2, -0.15) is 5.26 Å². The number of ketones is 1. The minimum atomic E-state index is -0.622. The van der Waals surface area contributed by atoms with Gasteiger partial charge < -0.3 is 0 Å².